The number of rotatable bonds is 2. The molecule has 1 aromatic heterocycles. The lowest BCUT2D eigenvalue weighted by Crippen LogP contribution is -2.15. The summed E-state index contributed by atoms with van der Waals surface area (Å²) in [6.07, 6.45) is 0. The van der Waals surface area contributed by atoms with Gasteiger partial charge in [-0.1, -0.05) is 11.6 Å². The molecule has 2 rings (SSSR count). The van der Waals surface area contributed by atoms with E-state index in [1.54, 1.807) is 6.07 Å². The van der Waals surface area contributed by atoms with Crippen LogP contribution >= 0.6 is 11.6 Å². The highest BCUT2D eigenvalue weighted by Gasteiger charge is 2.08. The number of nitrogens with zero attached hydrogens (tertiary/aromatic N) is 1. The molecule has 0 radical (unpaired) electrons. The summed E-state index contributed by atoms with van der Waals surface area (Å²) in [7, 11) is 0. The maximum Gasteiger partial charge on any atom is 0.264 e. The maximum atomic E-state index is 11.8. The van der Waals surface area contributed by atoms with Crippen molar-refractivity contribution in [2.75, 3.05) is 11.1 Å². The standard InChI is InChI=1S/C11H9ClN4O2/c12-7-2-1-6(5-8(7)13)11(18)14-9-3-4-10(17)16-15-9/h1-5H,13H2,(H,16,17)(H,14,15,18). The third-order valence-corrected chi connectivity index (χ3v) is 2.52. The number of aromatic nitrogens is 2. The summed E-state index contributed by atoms with van der Waals surface area (Å²) in [5.74, 6) is -0.147. The third-order valence-electron chi connectivity index (χ3n) is 2.18. The summed E-state index contributed by atoms with van der Waals surface area (Å²) in [5, 5.41) is 8.76. The summed E-state index contributed by atoms with van der Waals surface area (Å²) < 4.78 is 0. The van der Waals surface area contributed by atoms with Crippen molar-refractivity contribution in [2.24, 2.45) is 0 Å². The van der Waals surface area contributed by atoms with Gasteiger partial charge in [-0.3, -0.25) is 9.59 Å². The Morgan fingerprint density at radius 3 is 2.72 bits per heavy atom. The fraction of sp³-hybridized carbons (Fsp3) is 0. The molecule has 1 aromatic carbocycles. The first kappa shape index (κ1) is 12.1. The minimum atomic E-state index is -0.391. The molecule has 1 amide bonds. The molecule has 0 bridgehead atoms. The van der Waals surface area contributed by atoms with E-state index in [1.807, 2.05) is 0 Å². The predicted molar refractivity (Wildman–Crippen MR) is 68.7 cm³/mol. The molecule has 2 aromatic rings. The largest absolute Gasteiger partial charge is 0.398 e. The molecule has 1 heterocycles. The molecule has 92 valence electrons. The molecule has 0 atom stereocenters. The number of nitrogens with one attached hydrogen (secondary N) is 2. The molecule has 0 spiro atoms. The molecule has 7 heteroatoms. The van der Waals surface area contributed by atoms with E-state index in [2.05, 4.69) is 15.5 Å². The molecule has 0 aliphatic carbocycles. The topological polar surface area (TPSA) is 101 Å². The van der Waals surface area contributed by atoms with Crippen LogP contribution in [0.1, 0.15) is 10.4 Å². The predicted octanol–water partition coefficient (Wildman–Crippen LogP) is 1.26. The molecule has 0 aliphatic heterocycles. The summed E-state index contributed by atoms with van der Waals surface area (Å²) >= 11 is 5.75. The molecule has 0 unspecified atom stereocenters. The number of nitrogen functional groups attached to an aromatic ring is 1. The average molecular weight is 265 g/mol. The van der Waals surface area contributed by atoms with Crippen molar-refractivity contribution < 1.29 is 4.79 Å². The van der Waals surface area contributed by atoms with Crippen molar-refractivity contribution in [2.45, 2.75) is 0 Å². The van der Waals surface area contributed by atoms with E-state index in [0.29, 0.717) is 16.3 Å². The molecule has 4 N–H and O–H groups in total. The Morgan fingerprint density at radius 1 is 1.33 bits per heavy atom. The first-order valence-corrected chi connectivity index (χ1v) is 5.36. The van der Waals surface area contributed by atoms with E-state index in [-0.39, 0.29) is 11.4 Å². The van der Waals surface area contributed by atoms with Crippen LogP contribution in [0.25, 0.3) is 0 Å². The second kappa shape index (κ2) is 4.89. The van der Waals surface area contributed by atoms with Gasteiger partial charge in [0.2, 0.25) is 0 Å². The van der Waals surface area contributed by atoms with E-state index in [0.717, 1.165) is 0 Å². The number of carbonyl (C=O) groups excluding carboxylic acids is 1. The Kier molecular flexibility index (Phi) is 3.29. The van der Waals surface area contributed by atoms with Gasteiger partial charge in [-0.25, -0.2) is 5.10 Å². The van der Waals surface area contributed by atoms with Gasteiger partial charge < -0.3 is 11.1 Å². The summed E-state index contributed by atoms with van der Waals surface area (Å²) in [5.41, 5.74) is 5.92. The van der Waals surface area contributed by atoms with Gasteiger partial charge in [-0.05, 0) is 24.3 Å². The summed E-state index contributed by atoms with van der Waals surface area (Å²) in [6, 6.07) is 7.20. The van der Waals surface area contributed by atoms with Crippen LogP contribution in [0.2, 0.25) is 5.02 Å². The SMILES string of the molecule is Nc1cc(C(=O)Nc2ccc(=O)[nH]n2)ccc1Cl. The van der Waals surface area contributed by atoms with Crippen molar-refractivity contribution >= 4 is 29.0 Å². The monoisotopic (exact) mass is 264 g/mol. The van der Waals surface area contributed by atoms with Gasteiger partial charge in [0, 0.05) is 11.6 Å². The summed E-state index contributed by atoms with van der Waals surface area (Å²) in [4.78, 5) is 22.6. The molecule has 6 nitrogen and oxygen atoms in total. The molecule has 0 saturated carbocycles. The fourth-order valence-electron chi connectivity index (χ4n) is 1.29. The van der Waals surface area contributed by atoms with Gasteiger partial charge in [-0.2, -0.15) is 5.10 Å². The molecular weight excluding hydrogens is 256 g/mol. The number of benzene rings is 1. The maximum absolute atomic E-state index is 11.8. The van der Waals surface area contributed by atoms with Crippen molar-refractivity contribution in [3.63, 3.8) is 0 Å². The van der Waals surface area contributed by atoms with Crippen LogP contribution in [0, 0.1) is 0 Å². The third kappa shape index (κ3) is 2.67. The minimum Gasteiger partial charge on any atom is -0.398 e. The van der Waals surface area contributed by atoms with E-state index in [9.17, 15) is 9.59 Å². The number of hydrogen-bond donors (Lipinski definition) is 3. The van der Waals surface area contributed by atoms with Gasteiger partial charge in [0.25, 0.3) is 11.5 Å². The highest BCUT2D eigenvalue weighted by Crippen LogP contribution is 2.19. The van der Waals surface area contributed by atoms with Crippen LogP contribution in [0.4, 0.5) is 11.5 Å². The fourth-order valence-corrected chi connectivity index (χ4v) is 1.41. The second-order valence-corrected chi connectivity index (χ2v) is 3.90. The van der Waals surface area contributed by atoms with Crippen LogP contribution in [0.5, 0.6) is 0 Å². The number of hydrogen-bond acceptors (Lipinski definition) is 4. The summed E-state index contributed by atoms with van der Waals surface area (Å²) in [6.45, 7) is 0. The lowest BCUT2D eigenvalue weighted by atomic mass is 10.2. The molecule has 0 aliphatic rings. The Labute approximate surface area is 107 Å². The second-order valence-electron chi connectivity index (χ2n) is 3.50. The zero-order valence-corrected chi connectivity index (χ0v) is 9.86. The van der Waals surface area contributed by atoms with Gasteiger partial charge in [0.05, 0.1) is 10.7 Å². The van der Waals surface area contributed by atoms with Crippen molar-refractivity contribution in [1.29, 1.82) is 0 Å². The minimum absolute atomic E-state index is 0.244. The molecule has 18 heavy (non-hydrogen) atoms. The van der Waals surface area contributed by atoms with Crippen molar-refractivity contribution in [1.82, 2.24) is 10.2 Å². The van der Waals surface area contributed by atoms with E-state index in [4.69, 9.17) is 17.3 Å². The average Bonchev–Trinajstić information content (AvgIpc) is 2.35. The van der Waals surface area contributed by atoms with E-state index < -0.39 is 5.91 Å². The van der Waals surface area contributed by atoms with E-state index in [1.165, 1.54) is 24.3 Å². The first-order valence-electron chi connectivity index (χ1n) is 4.98. The van der Waals surface area contributed by atoms with Gasteiger partial charge in [0.1, 0.15) is 0 Å². The Hall–Kier alpha value is -2.34. The van der Waals surface area contributed by atoms with Gasteiger partial charge >= 0.3 is 0 Å². The lowest BCUT2D eigenvalue weighted by molar-refractivity contribution is 0.102. The Bertz CT molecular complexity index is 633. The highest BCUT2D eigenvalue weighted by atomic mass is 35.5. The number of anilines is 2. The highest BCUT2D eigenvalue weighted by molar-refractivity contribution is 6.33. The van der Waals surface area contributed by atoms with Crippen LogP contribution in [0.15, 0.2) is 35.1 Å². The Balaban J connectivity index is 2.19. The lowest BCUT2D eigenvalue weighted by Gasteiger charge is -2.05. The van der Waals surface area contributed by atoms with Gasteiger partial charge in [-0.15, -0.1) is 0 Å². The molecule has 0 fully saturated rings. The van der Waals surface area contributed by atoms with Crippen LogP contribution < -0.4 is 16.6 Å². The number of carbonyl (C=O) groups is 1. The Morgan fingerprint density at radius 2 is 2.11 bits per heavy atom. The number of amides is 1. The number of nitrogens with two attached hydrogens (primary N) is 1. The van der Waals surface area contributed by atoms with E-state index >= 15 is 0 Å². The molecular formula is C11H9ClN4O2. The van der Waals surface area contributed by atoms with Crippen molar-refractivity contribution in [3.05, 3.63) is 51.3 Å². The number of H-pyrrole nitrogens is 1. The number of aromatic amines is 1. The smallest absolute Gasteiger partial charge is 0.264 e. The van der Waals surface area contributed by atoms with Crippen molar-refractivity contribution in [3.8, 4) is 0 Å². The first-order chi connectivity index (χ1) is 8.56. The molecule has 0 saturated heterocycles. The zero-order chi connectivity index (χ0) is 13.1. The number of halogens is 1. The quantitative estimate of drug-likeness (QED) is 0.711. The van der Waals surface area contributed by atoms with Crippen LogP contribution in [-0.2, 0) is 0 Å². The normalized spacial score (nSPS) is 10.1. The zero-order valence-electron chi connectivity index (χ0n) is 9.11. The van der Waals surface area contributed by atoms with Crippen LogP contribution in [-0.4, -0.2) is 16.1 Å². The van der Waals surface area contributed by atoms with Gasteiger partial charge in [0.15, 0.2) is 5.82 Å². The van der Waals surface area contributed by atoms with Crippen LogP contribution in [0.3, 0.4) is 0 Å².